The lowest BCUT2D eigenvalue weighted by atomic mass is 10.2. The third kappa shape index (κ3) is 4.47. The molecule has 0 radical (unpaired) electrons. The van der Waals surface area contributed by atoms with E-state index in [1.807, 2.05) is 18.2 Å². The number of hydrogen-bond acceptors (Lipinski definition) is 7. The van der Waals surface area contributed by atoms with E-state index in [0.717, 1.165) is 11.6 Å². The molecule has 1 aromatic heterocycles. The van der Waals surface area contributed by atoms with Gasteiger partial charge in [0.15, 0.2) is 5.82 Å². The molecular weight excluding hydrogens is 425 g/mol. The fourth-order valence-electron chi connectivity index (χ4n) is 2.99. The summed E-state index contributed by atoms with van der Waals surface area (Å²) in [4.78, 5) is 20.5. The number of aryl methyl sites for hydroxylation is 1. The minimum atomic E-state index is -4.23. The van der Waals surface area contributed by atoms with E-state index in [4.69, 9.17) is 4.74 Å². The Bertz CT molecular complexity index is 1240. The Kier molecular flexibility index (Phi) is 5.53. The molecule has 0 spiro atoms. The van der Waals surface area contributed by atoms with Crippen LogP contribution in [0.3, 0.4) is 0 Å². The largest absolute Gasteiger partial charge is 0.486 e. The molecule has 2 aromatic carbocycles. The predicted octanol–water partition coefficient (Wildman–Crippen LogP) is 2.43. The molecule has 11 heteroatoms. The van der Waals surface area contributed by atoms with Crippen LogP contribution >= 0.6 is 0 Å². The predicted molar refractivity (Wildman–Crippen MR) is 112 cm³/mol. The monoisotopic (exact) mass is 443 g/mol. The van der Waals surface area contributed by atoms with Crippen molar-refractivity contribution in [2.45, 2.75) is 13.5 Å². The van der Waals surface area contributed by atoms with Crippen LogP contribution in [0.4, 0.5) is 21.7 Å². The van der Waals surface area contributed by atoms with Gasteiger partial charge in [0.25, 0.3) is 5.91 Å². The molecule has 4 rings (SSSR count). The van der Waals surface area contributed by atoms with Crippen molar-refractivity contribution in [3.63, 3.8) is 0 Å². The summed E-state index contributed by atoms with van der Waals surface area (Å²) in [5.41, 5.74) is 1.23. The van der Waals surface area contributed by atoms with Crippen LogP contribution in [-0.2, 0) is 21.6 Å². The first-order chi connectivity index (χ1) is 14.8. The Hall–Kier alpha value is -3.57. The van der Waals surface area contributed by atoms with Gasteiger partial charge < -0.3 is 10.1 Å². The first-order valence-corrected chi connectivity index (χ1v) is 10.7. The topological polar surface area (TPSA) is 114 Å². The second-order valence-electron chi connectivity index (χ2n) is 6.71. The molecule has 3 aromatic rings. The van der Waals surface area contributed by atoms with Crippen molar-refractivity contribution in [2.75, 3.05) is 16.2 Å². The molecule has 1 fully saturated rings. The number of hydrogen-bond donors (Lipinski definition) is 2. The van der Waals surface area contributed by atoms with Gasteiger partial charge in [-0.05, 0) is 24.6 Å². The van der Waals surface area contributed by atoms with E-state index in [0.29, 0.717) is 10.00 Å². The molecule has 0 saturated carbocycles. The maximum absolute atomic E-state index is 15.1. The molecule has 31 heavy (non-hydrogen) atoms. The molecule has 1 amide bonds. The molecular formula is C20H18FN5O4S. The highest BCUT2D eigenvalue weighted by atomic mass is 32.2. The maximum atomic E-state index is 15.1. The zero-order valence-corrected chi connectivity index (χ0v) is 17.2. The minimum absolute atomic E-state index is 0.0349. The summed E-state index contributed by atoms with van der Waals surface area (Å²) in [6.45, 7) is 1.35. The van der Waals surface area contributed by atoms with Crippen molar-refractivity contribution in [1.82, 2.24) is 14.7 Å². The fourth-order valence-corrected chi connectivity index (χ4v) is 4.18. The molecule has 2 heterocycles. The number of aromatic nitrogens is 2. The van der Waals surface area contributed by atoms with E-state index < -0.39 is 34.2 Å². The SMILES string of the molecule is Cc1ccnc(Nc2cc(F)c(N3C(=O)CNS3(=O)=O)c(OCc3ccccc3)c2)n1. The van der Waals surface area contributed by atoms with Gasteiger partial charge in [-0.15, -0.1) is 0 Å². The highest BCUT2D eigenvalue weighted by Crippen LogP contribution is 2.38. The molecule has 2 N–H and O–H groups in total. The maximum Gasteiger partial charge on any atom is 0.308 e. The van der Waals surface area contributed by atoms with Crippen LogP contribution in [0.1, 0.15) is 11.3 Å². The number of nitrogens with one attached hydrogen (secondary N) is 2. The summed E-state index contributed by atoms with van der Waals surface area (Å²) in [5, 5.41) is 2.86. The number of ether oxygens (including phenoxy) is 1. The van der Waals surface area contributed by atoms with Crippen LogP contribution in [0.15, 0.2) is 54.7 Å². The van der Waals surface area contributed by atoms with E-state index in [1.54, 1.807) is 31.3 Å². The van der Waals surface area contributed by atoms with E-state index in [1.165, 1.54) is 6.07 Å². The Labute approximate surface area is 178 Å². The van der Waals surface area contributed by atoms with Crippen LogP contribution in [0.2, 0.25) is 0 Å². The third-order valence-corrected chi connectivity index (χ3v) is 5.77. The Balaban J connectivity index is 1.75. The summed E-state index contributed by atoms with van der Waals surface area (Å²) < 4.78 is 48.0. The number of carbonyl (C=O) groups excluding carboxylic acids is 1. The zero-order valence-electron chi connectivity index (χ0n) is 16.4. The van der Waals surface area contributed by atoms with Gasteiger partial charge in [-0.3, -0.25) is 4.79 Å². The summed E-state index contributed by atoms with van der Waals surface area (Å²) in [6.07, 6.45) is 1.54. The molecule has 0 atom stereocenters. The van der Waals surface area contributed by atoms with Crippen molar-refractivity contribution in [3.05, 3.63) is 71.8 Å². The number of anilines is 3. The molecule has 0 unspecified atom stereocenters. The molecule has 9 nitrogen and oxygen atoms in total. The number of carbonyl (C=O) groups is 1. The molecule has 1 aliphatic heterocycles. The first-order valence-electron chi connectivity index (χ1n) is 9.23. The van der Waals surface area contributed by atoms with Crippen LogP contribution < -0.4 is 19.1 Å². The number of amides is 1. The number of rotatable bonds is 6. The van der Waals surface area contributed by atoms with Crippen molar-refractivity contribution in [3.8, 4) is 5.75 Å². The van der Waals surface area contributed by atoms with Gasteiger partial charge in [0.05, 0.1) is 6.54 Å². The van der Waals surface area contributed by atoms with Crippen LogP contribution in [0.5, 0.6) is 5.75 Å². The average Bonchev–Trinajstić information content (AvgIpc) is 3.00. The third-order valence-electron chi connectivity index (χ3n) is 4.39. The van der Waals surface area contributed by atoms with Crippen molar-refractivity contribution in [2.24, 2.45) is 0 Å². The minimum Gasteiger partial charge on any atom is -0.486 e. The van der Waals surface area contributed by atoms with Gasteiger partial charge in [-0.25, -0.2) is 14.4 Å². The summed E-state index contributed by atoms with van der Waals surface area (Å²) in [5.74, 6) is -1.67. The highest BCUT2D eigenvalue weighted by molar-refractivity contribution is 7.92. The van der Waals surface area contributed by atoms with E-state index in [-0.39, 0.29) is 24.0 Å². The zero-order chi connectivity index (χ0) is 22.0. The lowest BCUT2D eigenvalue weighted by Gasteiger charge is -2.20. The van der Waals surface area contributed by atoms with Gasteiger partial charge >= 0.3 is 10.2 Å². The molecule has 0 aliphatic carbocycles. The van der Waals surface area contributed by atoms with Gasteiger partial charge in [0.1, 0.15) is 18.0 Å². The Morgan fingerprint density at radius 3 is 2.68 bits per heavy atom. The summed E-state index contributed by atoms with van der Waals surface area (Å²) in [6, 6.07) is 13.2. The van der Waals surface area contributed by atoms with Gasteiger partial charge in [-0.1, -0.05) is 30.3 Å². The quantitative estimate of drug-likeness (QED) is 0.601. The average molecular weight is 443 g/mol. The van der Waals surface area contributed by atoms with E-state index >= 15 is 4.39 Å². The van der Waals surface area contributed by atoms with Gasteiger partial charge in [0.2, 0.25) is 5.95 Å². The smallest absolute Gasteiger partial charge is 0.308 e. The van der Waals surface area contributed by atoms with Crippen LogP contribution in [0.25, 0.3) is 0 Å². The summed E-state index contributed by atoms with van der Waals surface area (Å²) >= 11 is 0. The van der Waals surface area contributed by atoms with Crippen molar-refractivity contribution >= 4 is 33.4 Å². The molecule has 0 bridgehead atoms. The standard InChI is InChI=1S/C20H18FN5O4S/c1-13-7-8-22-20(24-13)25-15-9-16(21)19(26-18(27)11-23-31(26,28)29)17(10-15)30-12-14-5-3-2-4-6-14/h2-10,23H,11-12H2,1H3,(H,22,24,25). The molecule has 1 aliphatic rings. The normalized spacial score (nSPS) is 15.2. The van der Waals surface area contributed by atoms with Crippen molar-refractivity contribution in [1.29, 1.82) is 0 Å². The lowest BCUT2D eigenvalue weighted by molar-refractivity contribution is -0.115. The Morgan fingerprint density at radius 2 is 2.00 bits per heavy atom. The van der Waals surface area contributed by atoms with E-state index in [2.05, 4.69) is 20.0 Å². The lowest BCUT2D eigenvalue weighted by Crippen LogP contribution is -2.33. The van der Waals surface area contributed by atoms with Gasteiger partial charge in [-0.2, -0.15) is 17.4 Å². The second kappa shape index (κ2) is 8.28. The highest BCUT2D eigenvalue weighted by Gasteiger charge is 2.40. The van der Waals surface area contributed by atoms with E-state index in [9.17, 15) is 13.2 Å². The molecule has 160 valence electrons. The number of benzene rings is 2. The van der Waals surface area contributed by atoms with Crippen molar-refractivity contribution < 1.29 is 22.3 Å². The molecule has 1 saturated heterocycles. The number of halogens is 1. The van der Waals surface area contributed by atoms with Gasteiger partial charge in [0, 0.05) is 23.6 Å². The second-order valence-corrected chi connectivity index (χ2v) is 8.31. The van der Waals surface area contributed by atoms with Crippen LogP contribution in [-0.4, -0.2) is 30.8 Å². The number of nitrogens with zero attached hydrogens (tertiary/aromatic N) is 3. The first kappa shape index (κ1) is 20.7. The fraction of sp³-hybridized carbons (Fsp3) is 0.150. The summed E-state index contributed by atoms with van der Waals surface area (Å²) in [7, 11) is -4.23. The Morgan fingerprint density at radius 1 is 1.23 bits per heavy atom. The van der Waals surface area contributed by atoms with Crippen LogP contribution in [0, 0.1) is 12.7 Å².